The second kappa shape index (κ2) is 9.49. The molecule has 4 rings (SSSR count). The van der Waals surface area contributed by atoms with Gasteiger partial charge in [0.15, 0.2) is 0 Å². The molecule has 1 amide bonds. The predicted octanol–water partition coefficient (Wildman–Crippen LogP) is 3.44. The number of halogens is 2. The van der Waals surface area contributed by atoms with Crippen molar-refractivity contribution in [3.05, 3.63) is 58.5 Å². The van der Waals surface area contributed by atoms with Crippen LogP contribution < -0.4 is 14.4 Å². The van der Waals surface area contributed by atoms with Gasteiger partial charge in [0, 0.05) is 48.2 Å². The van der Waals surface area contributed by atoms with Crippen LogP contribution in [0.2, 0.25) is 10.0 Å². The molecular weight excluding hydrogens is 465 g/mol. The zero-order valence-electron chi connectivity index (χ0n) is 18.7. The van der Waals surface area contributed by atoms with Crippen molar-refractivity contribution in [3.8, 4) is 17.0 Å². The van der Waals surface area contributed by atoms with Gasteiger partial charge < -0.3 is 14.5 Å². The van der Waals surface area contributed by atoms with E-state index in [4.69, 9.17) is 27.9 Å². The third-order valence-corrected chi connectivity index (χ3v) is 6.69. The van der Waals surface area contributed by atoms with Gasteiger partial charge in [-0.1, -0.05) is 23.2 Å². The fourth-order valence-electron chi connectivity index (χ4n) is 4.09. The molecular formula is C23H26Cl2N5O3+. The number of rotatable bonds is 5. The van der Waals surface area contributed by atoms with E-state index < -0.39 is 0 Å². The number of hydrogen-bond acceptors (Lipinski definition) is 5. The van der Waals surface area contributed by atoms with Crippen molar-refractivity contribution in [2.45, 2.75) is 26.4 Å². The number of aromatic nitrogens is 3. The monoisotopic (exact) mass is 490 g/mol. The highest BCUT2D eigenvalue weighted by Crippen LogP contribution is 2.31. The Morgan fingerprint density at radius 3 is 2.79 bits per heavy atom. The molecule has 3 heterocycles. The second-order valence-corrected chi connectivity index (χ2v) is 8.86. The molecule has 0 spiro atoms. The molecule has 0 aliphatic carbocycles. The summed E-state index contributed by atoms with van der Waals surface area (Å²) in [5.74, 6) is 0.613. The van der Waals surface area contributed by atoms with Gasteiger partial charge in [0.05, 0.1) is 28.4 Å². The van der Waals surface area contributed by atoms with Gasteiger partial charge in [-0.15, -0.1) is 0 Å². The average Bonchev–Trinajstić information content (AvgIpc) is 3.07. The van der Waals surface area contributed by atoms with Crippen LogP contribution in [0.15, 0.2) is 42.7 Å². The lowest BCUT2D eigenvalue weighted by molar-refractivity contribution is -0.904. The van der Waals surface area contributed by atoms with Gasteiger partial charge in [0.1, 0.15) is 18.0 Å². The molecule has 1 saturated heterocycles. The largest absolute Gasteiger partial charge is 0.495 e. The maximum atomic E-state index is 13.2. The Morgan fingerprint density at radius 2 is 2.09 bits per heavy atom. The second-order valence-electron chi connectivity index (χ2n) is 8.08. The highest BCUT2D eigenvalue weighted by atomic mass is 35.5. The van der Waals surface area contributed by atoms with Gasteiger partial charge >= 0.3 is 0 Å². The lowest BCUT2D eigenvalue weighted by atomic mass is 10.1. The molecule has 1 atom stereocenters. The van der Waals surface area contributed by atoms with Gasteiger partial charge in [0.2, 0.25) is 18.3 Å². The molecule has 1 aliphatic rings. The molecule has 8 nitrogen and oxygen atoms in total. The molecule has 0 radical (unpaired) electrons. The van der Waals surface area contributed by atoms with Crippen molar-refractivity contribution in [3.63, 3.8) is 0 Å². The summed E-state index contributed by atoms with van der Waals surface area (Å²) >= 11 is 12.6. The average molecular weight is 491 g/mol. The number of ether oxygens (including phenoxy) is 1. The van der Waals surface area contributed by atoms with Crippen LogP contribution >= 0.6 is 23.2 Å². The van der Waals surface area contributed by atoms with E-state index >= 15 is 0 Å². The summed E-state index contributed by atoms with van der Waals surface area (Å²) in [6.45, 7) is 5.95. The molecule has 3 aromatic rings. The van der Waals surface area contributed by atoms with Gasteiger partial charge in [-0.25, -0.2) is 0 Å². The Hall–Kier alpha value is -2.97. The van der Waals surface area contributed by atoms with Crippen molar-refractivity contribution in [2.24, 2.45) is 0 Å². The third-order valence-electron chi connectivity index (χ3n) is 5.93. The predicted molar refractivity (Wildman–Crippen MR) is 126 cm³/mol. The number of hydrogen-bond donors (Lipinski definition) is 1. The molecule has 1 aliphatic heterocycles. The number of amides is 1. The molecule has 33 heavy (non-hydrogen) atoms. The molecule has 0 unspecified atom stereocenters. The summed E-state index contributed by atoms with van der Waals surface area (Å²) in [5.41, 5.74) is 2.91. The molecule has 10 heteroatoms. The number of carbonyl (C=O) groups excluding carboxylic acids is 1. The minimum absolute atomic E-state index is 0.0150. The van der Waals surface area contributed by atoms with Crippen LogP contribution in [0, 0.1) is 6.92 Å². The first kappa shape index (κ1) is 23.2. The van der Waals surface area contributed by atoms with E-state index in [0.29, 0.717) is 52.4 Å². The zero-order chi connectivity index (χ0) is 23.7. The van der Waals surface area contributed by atoms with Gasteiger partial charge in [-0.05, 0) is 32.0 Å². The van der Waals surface area contributed by atoms with Crippen molar-refractivity contribution < 1.29 is 19.5 Å². The van der Waals surface area contributed by atoms with Crippen molar-refractivity contribution in [1.82, 2.24) is 14.7 Å². The quantitative estimate of drug-likeness (QED) is 0.437. The summed E-state index contributed by atoms with van der Waals surface area (Å²) in [4.78, 5) is 17.3. The van der Waals surface area contributed by atoms with Crippen LogP contribution in [-0.4, -0.2) is 58.6 Å². The number of carbonyl (C=O) groups is 1. The number of methoxy groups -OCH3 is 1. The Kier molecular flexibility index (Phi) is 6.67. The van der Waals surface area contributed by atoms with E-state index in [1.165, 1.54) is 12.4 Å². The smallest absolute Gasteiger partial charge is 0.244 e. The van der Waals surface area contributed by atoms with Gasteiger partial charge in [0.25, 0.3) is 0 Å². The topological polar surface area (TPSA) is 74.7 Å². The summed E-state index contributed by atoms with van der Waals surface area (Å²) in [5, 5.41) is 15.3. The third kappa shape index (κ3) is 4.72. The summed E-state index contributed by atoms with van der Waals surface area (Å²) in [6, 6.07) is 9.22. The Morgan fingerprint density at radius 1 is 1.30 bits per heavy atom. The minimum Gasteiger partial charge on any atom is -0.495 e. The first-order valence-electron chi connectivity index (χ1n) is 10.6. The van der Waals surface area contributed by atoms with Gasteiger partial charge in [-0.3, -0.25) is 14.7 Å². The summed E-state index contributed by atoms with van der Waals surface area (Å²) in [7, 11) is 1.60. The Labute approximate surface area is 202 Å². The molecule has 2 aromatic heterocycles. The Bertz CT molecular complexity index is 1180. The van der Waals surface area contributed by atoms with Crippen LogP contribution in [0.3, 0.4) is 0 Å². The first-order chi connectivity index (χ1) is 15.8. The lowest BCUT2D eigenvalue weighted by Gasteiger charge is -2.41. The van der Waals surface area contributed by atoms with Crippen molar-refractivity contribution >= 4 is 34.8 Å². The molecule has 1 aromatic carbocycles. The highest BCUT2D eigenvalue weighted by molar-refractivity contribution is 6.33. The fourth-order valence-corrected chi connectivity index (χ4v) is 4.53. The van der Waals surface area contributed by atoms with E-state index in [1.807, 2.05) is 36.9 Å². The van der Waals surface area contributed by atoms with E-state index in [9.17, 15) is 10.0 Å². The lowest BCUT2D eigenvalue weighted by Crippen LogP contribution is -2.54. The molecule has 0 saturated carbocycles. The van der Waals surface area contributed by atoms with Crippen LogP contribution in [-0.2, 0) is 11.3 Å². The Balaban J connectivity index is 1.46. The van der Waals surface area contributed by atoms with E-state index in [2.05, 4.69) is 10.00 Å². The van der Waals surface area contributed by atoms with Crippen molar-refractivity contribution in [2.75, 3.05) is 31.6 Å². The van der Waals surface area contributed by atoms with Gasteiger partial charge in [-0.2, -0.15) is 5.10 Å². The number of benzene rings is 1. The maximum Gasteiger partial charge on any atom is 0.244 e. The number of nitrogens with zero attached hydrogens (tertiary/aromatic N) is 5. The SMILES string of the molecule is COc1cc(N2CCN(C(=O)Cn3nc(-c4ccc[n+](O)c4)c(Cl)c3C)[C@@H](C)C2)ccc1Cl. The summed E-state index contributed by atoms with van der Waals surface area (Å²) in [6.07, 6.45) is 3.03. The van der Waals surface area contributed by atoms with Crippen LogP contribution in [0.5, 0.6) is 5.75 Å². The first-order valence-corrected chi connectivity index (χ1v) is 11.4. The van der Waals surface area contributed by atoms with E-state index in [1.54, 1.807) is 23.9 Å². The van der Waals surface area contributed by atoms with E-state index in [0.717, 1.165) is 10.4 Å². The van der Waals surface area contributed by atoms with Crippen LogP contribution in [0.1, 0.15) is 12.6 Å². The molecule has 174 valence electrons. The van der Waals surface area contributed by atoms with Crippen LogP contribution in [0.25, 0.3) is 11.3 Å². The fraction of sp³-hybridized carbons (Fsp3) is 0.348. The van der Waals surface area contributed by atoms with E-state index in [-0.39, 0.29) is 18.5 Å². The standard InChI is InChI=1S/C23H26Cl2N5O3/c1-15-12-27(18-6-7-19(24)20(11-18)33-3)9-10-29(15)21(31)14-30-16(2)22(25)23(26-30)17-5-4-8-28(32)13-17/h4-8,11,13,15,32H,9-10,12,14H2,1-3H3/q+1/t15-/m0/s1. The molecule has 1 N–H and O–H groups in total. The van der Waals surface area contributed by atoms with Crippen molar-refractivity contribution in [1.29, 1.82) is 0 Å². The number of anilines is 1. The minimum atomic E-state index is -0.0186. The maximum absolute atomic E-state index is 13.2. The number of pyridine rings is 1. The normalized spacial score (nSPS) is 16.2. The van der Waals surface area contributed by atoms with Crippen LogP contribution in [0.4, 0.5) is 5.69 Å². The molecule has 0 bridgehead atoms. The zero-order valence-corrected chi connectivity index (χ0v) is 20.2. The molecule has 1 fully saturated rings. The summed E-state index contributed by atoms with van der Waals surface area (Å²) < 4.78 is 7.90. The number of piperazine rings is 1. The highest BCUT2D eigenvalue weighted by Gasteiger charge is 2.29.